The molecule has 0 heterocycles. The number of hydrogen-bond acceptors (Lipinski definition) is 3. The van der Waals surface area contributed by atoms with E-state index in [9.17, 15) is 0 Å². The van der Waals surface area contributed by atoms with Gasteiger partial charge in [-0.2, -0.15) is 0 Å². The maximum absolute atomic E-state index is 6.29. The second-order valence-electron chi connectivity index (χ2n) is 4.43. The normalized spacial score (nSPS) is 10.4. The maximum atomic E-state index is 6.29. The van der Waals surface area contributed by atoms with E-state index >= 15 is 0 Å². The summed E-state index contributed by atoms with van der Waals surface area (Å²) in [5, 5.41) is 0.474. The number of hydrogen-bond donors (Lipinski definition) is 1. The lowest BCUT2D eigenvalue weighted by Gasteiger charge is -2.14. The first-order chi connectivity index (χ1) is 9.62. The number of ether oxygens (including phenoxy) is 2. The Morgan fingerprint density at radius 1 is 1.10 bits per heavy atom. The molecule has 0 atom stereocenters. The average molecular weight is 292 g/mol. The van der Waals surface area contributed by atoms with Crippen LogP contribution in [0.2, 0.25) is 5.02 Å². The molecule has 0 unspecified atom stereocenters. The van der Waals surface area contributed by atoms with Crippen molar-refractivity contribution in [3.05, 3.63) is 40.9 Å². The minimum absolute atomic E-state index is 0.474. The number of benzene rings is 2. The zero-order valence-corrected chi connectivity index (χ0v) is 12.6. The van der Waals surface area contributed by atoms with Crippen molar-refractivity contribution >= 4 is 17.3 Å². The van der Waals surface area contributed by atoms with Gasteiger partial charge in [-0.05, 0) is 41.8 Å². The van der Waals surface area contributed by atoms with Crippen LogP contribution in [-0.2, 0) is 6.42 Å². The van der Waals surface area contributed by atoms with Gasteiger partial charge in [0, 0.05) is 11.3 Å². The molecule has 4 heteroatoms. The topological polar surface area (TPSA) is 44.5 Å². The standard InChI is InChI=1S/C16H18ClNO2/c1-4-10-9-11(5-7-13(10)18)12-6-8-14(19-2)15(17)16(12)20-3/h5-9H,4,18H2,1-3H3. The van der Waals surface area contributed by atoms with Crippen LogP contribution >= 0.6 is 11.6 Å². The molecular weight excluding hydrogens is 274 g/mol. The van der Waals surface area contributed by atoms with Crippen molar-refractivity contribution in [1.82, 2.24) is 0 Å². The number of rotatable bonds is 4. The Hall–Kier alpha value is -1.87. The summed E-state index contributed by atoms with van der Waals surface area (Å²) in [7, 11) is 3.18. The van der Waals surface area contributed by atoms with E-state index in [0.29, 0.717) is 16.5 Å². The van der Waals surface area contributed by atoms with Gasteiger partial charge in [-0.15, -0.1) is 0 Å². The molecule has 0 aliphatic rings. The van der Waals surface area contributed by atoms with E-state index < -0.39 is 0 Å². The smallest absolute Gasteiger partial charge is 0.149 e. The molecule has 0 saturated carbocycles. The van der Waals surface area contributed by atoms with Gasteiger partial charge < -0.3 is 15.2 Å². The summed E-state index contributed by atoms with van der Waals surface area (Å²) in [6.45, 7) is 2.08. The number of aryl methyl sites for hydroxylation is 1. The van der Waals surface area contributed by atoms with Crippen molar-refractivity contribution in [2.24, 2.45) is 0 Å². The van der Waals surface area contributed by atoms with Crippen LogP contribution < -0.4 is 15.2 Å². The lowest BCUT2D eigenvalue weighted by atomic mass is 9.99. The molecule has 0 aliphatic heterocycles. The van der Waals surface area contributed by atoms with Gasteiger partial charge in [0.25, 0.3) is 0 Å². The third kappa shape index (κ3) is 2.54. The van der Waals surface area contributed by atoms with Crippen molar-refractivity contribution in [2.45, 2.75) is 13.3 Å². The van der Waals surface area contributed by atoms with Crippen molar-refractivity contribution in [1.29, 1.82) is 0 Å². The third-order valence-corrected chi connectivity index (χ3v) is 3.68. The summed E-state index contributed by atoms with van der Waals surface area (Å²) in [4.78, 5) is 0. The molecule has 2 rings (SSSR count). The highest BCUT2D eigenvalue weighted by atomic mass is 35.5. The van der Waals surface area contributed by atoms with Gasteiger partial charge in [0.15, 0.2) is 0 Å². The first kappa shape index (κ1) is 14.5. The quantitative estimate of drug-likeness (QED) is 0.860. The lowest BCUT2D eigenvalue weighted by molar-refractivity contribution is 0.396. The van der Waals surface area contributed by atoms with Crippen LogP contribution in [0.3, 0.4) is 0 Å². The largest absolute Gasteiger partial charge is 0.495 e. The van der Waals surface area contributed by atoms with Crippen LogP contribution in [0, 0.1) is 0 Å². The highest BCUT2D eigenvalue weighted by Gasteiger charge is 2.15. The molecule has 0 radical (unpaired) electrons. The molecule has 3 nitrogen and oxygen atoms in total. The molecule has 0 amide bonds. The molecule has 0 saturated heterocycles. The van der Waals surface area contributed by atoms with Crippen molar-refractivity contribution in [3.63, 3.8) is 0 Å². The van der Waals surface area contributed by atoms with E-state index in [-0.39, 0.29) is 0 Å². The minimum atomic E-state index is 0.474. The van der Waals surface area contributed by atoms with Crippen LogP contribution in [0.15, 0.2) is 30.3 Å². The Morgan fingerprint density at radius 3 is 2.45 bits per heavy atom. The maximum Gasteiger partial charge on any atom is 0.149 e. The minimum Gasteiger partial charge on any atom is -0.495 e. The van der Waals surface area contributed by atoms with Crippen molar-refractivity contribution < 1.29 is 9.47 Å². The number of nitrogen functional groups attached to an aromatic ring is 1. The van der Waals surface area contributed by atoms with Crippen LogP contribution in [0.1, 0.15) is 12.5 Å². The van der Waals surface area contributed by atoms with Crippen LogP contribution in [-0.4, -0.2) is 14.2 Å². The molecule has 20 heavy (non-hydrogen) atoms. The predicted molar refractivity (Wildman–Crippen MR) is 83.8 cm³/mol. The van der Waals surface area contributed by atoms with Crippen LogP contribution in [0.25, 0.3) is 11.1 Å². The summed E-state index contributed by atoms with van der Waals surface area (Å²) in [6, 6.07) is 9.72. The molecular formula is C16H18ClNO2. The molecule has 2 aromatic carbocycles. The predicted octanol–water partition coefficient (Wildman–Crippen LogP) is 4.17. The Morgan fingerprint density at radius 2 is 1.85 bits per heavy atom. The van der Waals surface area contributed by atoms with Crippen LogP contribution in [0.4, 0.5) is 5.69 Å². The Kier molecular flexibility index (Phi) is 4.40. The summed E-state index contributed by atoms with van der Waals surface area (Å²) in [5.41, 5.74) is 9.80. The van der Waals surface area contributed by atoms with E-state index in [2.05, 4.69) is 13.0 Å². The zero-order chi connectivity index (χ0) is 14.7. The Balaban J connectivity index is 2.60. The number of nitrogens with two attached hydrogens (primary N) is 1. The molecule has 2 N–H and O–H groups in total. The van der Waals surface area contributed by atoms with Gasteiger partial charge in [-0.1, -0.05) is 24.6 Å². The van der Waals surface area contributed by atoms with Gasteiger partial charge in [0.05, 0.1) is 14.2 Å². The average Bonchev–Trinajstić information content (AvgIpc) is 2.47. The van der Waals surface area contributed by atoms with Gasteiger partial charge in [-0.25, -0.2) is 0 Å². The monoisotopic (exact) mass is 291 g/mol. The molecule has 0 fully saturated rings. The summed E-state index contributed by atoms with van der Waals surface area (Å²) < 4.78 is 10.6. The first-order valence-corrected chi connectivity index (χ1v) is 6.79. The highest BCUT2D eigenvalue weighted by molar-refractivity contribution is 6.34. The van der Waals surface area contributed by atoms with Gasteiger partial charge in [0.2, 0.25) is 0 Å². The molecule has 2 aromatic rings. The molecule has 0 spiro atoms. The van der Waals surface area contributed by atoms with Gasteiger partial charge in [-0.3, -0.25) is 0 Å². The first-order valence-electron chi connectivity index (χ1n) is 6.41. The SMILES string of the molecule is CCc1cc(-c2ccc(OC)c(Cl)c2OC)ccc1N. The van der Waals surface area contributed by atoms with Crippen molar-refractivity contribution in [2.75, 3.05) is 20.0 Å². The van der Waals surface area contributed by atoms with Crippen LogP contribution in [0.5, 0.6) is 11.5 Å². The fourth-order valence-electron chi connectivity index (χ4n) is 2.20. The van der Waals surface area contributed by atoms with Gasteiger partial charge >= 0.3 is 0 Å². The van der Waals surface area contributed by atoms with E-state index in [1.807, 2.05) is 24.3 Å². The Bertz CT molecular complexity index is 626. The van der Waals surface area contributed by atoms with E-state index in [1.165, 1.54) is 0 Å². The van der Waals surface area contributed by atoms with E-state index in [1.54, 1.807) is 14.2 Å². The summed E-state index contributed by atoms with van der Waals surface area (Å²) in [5.74, 6) is 1.20. The van der Waals surface area contributed by atoms with E-state index in [0.717, 1.165) is 28.8 Å². The second kappa shape index (κ2) is 6.06. The summed E-state index contributed by atoms with van der Waals surface area (Å²) >= 11 is 6.29. The Labute approximate surface area is 124 Å². The zero-order valence-electron chi connectivity index (χ0n) is 11.9. The second-order valence-corrected chi connectivity index (χ2v) is 4.81. The van der Waals surface area contributed by atoms with E-state index in [4.69, 9.17) is 26.8 Å². The van der Waals surface area contributed by atoms with Gasteiger partial charge in [0.1, 0.15) is 16.5 Å². The van der Waals surface area contributed by atoms with Crippen molar-refractivity contribution in [3.8, 4) is 22.6 Å². The summed E-state index contributed by atoms with van der Waals surface area (Å²) in [6.07, 6.45) is 0.881. The lowest BCUT2D eigenvalue weighted by Crippen LogP contribution is -1.95. The fourth-order valence-corrected chi connectivity index (χ4v) is 2.52. The highest BCUT2D eigenvalue weighted by Crippen LogP contribution is 2.42. The molecule has 0 aromatic heterocycles. The number of halogens is 1. The number of anilines is 1. The molecule has 0 bridgehead atoms. The fraction of sp³-hybridized carbons (Fsp3) is 0.250. The molecule has 106 valence electrons. The third-order valence-electron chi connectivity index (χ3n) is 3.32. The number of methoxy groups -OCH3 is 2. The molecule has 0 aliphatic carbocycles.